The van der Waals surface area contributed by atoms with Gasteiger partial charge in [-0.25, -0.2) is 8.42 Å². The molecule has 0 radical (unpaired) electrons. The van der Waals surface area contributed by atoms with Crippen LogP contribution in [0.2, 0.25) is 0 Å². The molecule has 0 aliphatic carbocycles. The summed E-state index contributed by atoms with van der Waals surface area (Å²) in [6, 6.07) is 6.45. The zero-order valence-electron chi connectivity index (χ0n) is 12.7. The molecule has 1 aliphatic heterocycles. The van der Waals surface area contributed by atoms with Crippen LogP contribution in [0, 0.1) is 6.92 Å². The van der Waals surface area contributed by atoms with Gasteiger partial charge in [-0.05, 0) is 38.8 Å². The van der Waals surface area contributed by atoms with Gasteiger partial charge < -0.3 is 4.90 Å². The number of sulfonamides is 1. The molecular weight excluding hydrogens is 288 g/mol. The Morgan fingerprint density at radius 2 is 1.71 bits per heavy atom. The fourth-order valence-corrected chi connectivity index (χ4v) is 3.87. The Labute approximate surface area is 126 Å². The number of aryl methyl sites for hydroxylation is 1. The van der Waals surface area contributed by atoms with E-state index in [4.69, 9.17) is 0 Å². The van der Waals surface area contributed by atoms with Crippen LogP contribution >= 0.6 is 0 Å². The summed E-state index contributed by atoms with van der Waals surface area (Å²) in [5.41, 5.74) is 1.58. The molecule has 1 saturated heterocycles. The zero-order chi connectivity index (χ0) is 15.6. The Morgan fingerprint density at radius 3 is 2.19 bits per heavy atom. The maximum absolute atomic E-state index is 12.5. The van der Waals surface area contributed by atoms with E-state index >= 15 is 0 Å². The van der Waals surface area contributed by atoms with Crippen molar-refractivity contribution in [2.45, 2.75) is 32.7 Å². The van der Waals surface area contributed by atoms with Gasteiger partial charge >= 0.3 is 0 Å². The monoisotopic (exact) mass is 310 g/mol. The molecule has 6 heteroatoms. The van der Waals surface area contributed by atoms with E-state index in [1.165, 1.54) is 4.31 Å². The van der Waals surface area contributed by atoms with Gasteiger partial charge in [0.05, 0.1) is 11.9 Å². The van der Waals surface area contributed by atoms with Gasteiger partial charge in [0.25, 0.3) is 0 Å². The second-order valence-electron chi connectivity index (χ2n) is 5.60. The van der Waals surface area contributed by atoms with Crippen LogP contribution in [0.1, 0.15) is 25.3 Å². The third kappa shape index (κ3) is 3.56. The minimum atomic E-state index is -3.52. The van der Waals surface area contributed by atoms with E-state index in [0.29, 0.717) is 18.8 Å². The van der Waals surface area contributed by atoms with E-state index in [9.17, 15) is 13.2 Å². The number of carbonyl (C=O) groups excluding carboxylic acids is 1. The maximum Gasteiger partial charge on any atom is 0.246 e. The fraction of sp³-hybridized carbons (Fsp3) is 0.533. The molecule has 1 amide bonds. The van der Waals surface area contributed by atoms with Crippen LogP contribution in [0.4, 0.5) is 5.69 Å². The molecule has 1 heterocycles. The summed E-state index contributed by atoms with van der Waals surface area (Å²) in [5, 5.41) is 0. The molecule has 1 atom stereocenters. The third-order valence-electron chi connectivity index (χ3n) is 3.77. The standard InChI is InChI=1S/C15H22N2O3S/c1-12-6-8-14(9-7-12)17(21(3,19)20)13(2)15(18)16-10-4-5-11-16/h6-9,13H,4-5,10-11H2,1-3H3/t13-/m1/s1. The van der Waals surface area contributed by atoms with Crippen LogP contribution in [-0.4, -0.2) is 44.6 Å². The third-order valence-corrected chi connectivity index (χ3v) is 5.01. The average molecular weight is 310 g/mol. The van der Waals surface area contributed by atoms with Gasteiger partial charge in [0.2, 0.25) is 15.9 Å². The predicted octanol–water partition coefficient (Wildman–Crippen LogP) is 1.77. The average Bonchev–Trinajstić information content (AvgIpc) is 2.92. The second kappa shape index (κ2) is 6.05. The molecule has 0 saturated carbocycles. The predicted molar refractivity (Wildman–Crippen MR) is 83.8 cm³/mol. The van der Waals surface area contributed by atoms with Crippen molar-refractivity contribution in [1.29, 1.82) is 0 Å². The van der Waals surface area contributed by atoms with Crippen molar-refractivity contribution < 1.29 is 13.2 Å². The van der Waals surface area contributed by atoms with Crippen molar-refractivity contribution in [2.75, 3.05) is 23.7 Å². The van der Waals surface area contributed by atoms with Crippen LogP contribution in [-0.2, 0) is 14.8 Å². The van der Waals surface area contributed by atoms with E-state index in [-0.39, 0.29) is 5.91 Å². The lowest BCUT2D eigenvalue weighted by Crippen LogP contribution is -2.48. The molecule has 1 aromatic carbocycles. The molecule has 1 aromatic rings. The Kier molecular flexibility index (Phi) is 4.56. The van der Waals surface area contributed by atoms with E-state index in [0.717, 1.165) is 24.7 Å². The number of amides is 1. The number of anilines is 1. The van der Waals surface area contributed by atoms with Crippen molar-refractivity contribution in [1.82, 2.24) is 4.90 Å². The second-order valence-corrected chi connectivity index (χ2v) is 7.46. The normalized spacial score (nSPS) is 16.8. The van der Waals surface area contributed by atoms with Gasteiger partial charge in [0, 0.05) is 13.1 Å². The Bertz CT molecular complexity index is 604. The molecule has 0 unspecified atom stereocenters. The Balaban J connectivity index is 2.32. The van der Waals surface area contributed by atoms with Crippen LogP contribution in [0.15, 0.2) is 24.3 Å². The van der Waals surface area contributed by atoms with Crippen LogP contribution < -0.4 is 4.31 Å². The minimum Gasteiger partial charge on any atom is -0.341 e. The quantitative estimate of drug-likeness (QED) is 0.851. The summed E-state index contributed by atoms with van der Waals surface area (Å²) in [6.45, 7) is 5.03. The zero-order valence-corrected chi connectivity index (χ0v) is 13.6. The number of hydrogen-bond donors (Lipinski definition) is 0. The lowest BCUT2D eigenvalue weighted by molar-refractivity contribution is -0.130. The molecule has 2 rings (SSSR count). The first kappa shape index (κ1) is 15.8. The molecule has 0 N–H and O–H groups in total. The molecular formula is C15H22N2O3S. The molecule has 5 nitrogen and oxygen atoms in total. The summed E-state index contributed by atoms with van der Waals surface area (Å²) < 4.78 is 25.5. The topological polar surface area (TPSA) is 57.7 Å². The number of nitrogens with zero attached hydrogens (tertiary/aromatic N) is 2. The number of carbonyl (C=O) groups is 1. The van der Waals surface area contributed by atoms with Crippen molar-refractivity contribution in [2.24, 2.45) is 0 Å². The summed E-state index contributed by atoms with van der Waals surface area (Å²) in [7, 11) is -3.52. The van der Waals surface area contributed by atoms with Crippen LogP contribution in [0.3, 0.4) is 0 Å². The number of benzene rings is 1. The lowest BCUT2D eigenvalue weighted by atomic mass is 10.2. The van der Waals surface area contributed by atoms with E-state index < -0.39 is 16.1 Å². The lowest BCUT2D eigenvalue weighted by Gasteiger charge is -2.31. The summed E-state index contributed by atoms with van der Waals surface area (Å²) in [6.07, 6.45) is 3.12. The summed E-state index contributed by atoms with van der Waals surface area (Å²) in [5.74, 6) is -0.126. The molecule has 0 bridgehead atoms. The molecule has 1 fully saturated rings. The van der Waals surface area contributed by atoms with Crippen molar-refractivity contribution in [3.63, 3.8) is 0 Å². The summed E-state index contributed by atoms with van der Waals surface area (Å²) in [4.78, 5) is 14.2. The van der Waals surface area contributed by atoms with Crippen molar-refractivity contribution >= 4 is 21.6 Å². The largest absolute Gasteiger partial charge is 0.341 e. The maximum atomic E-state index is 12.5. The van der Waals surface area contributed by atoms with E-state index in [1.54, 1.807) is 24.0 Å². The van der Waals surface area contributed by atoms with Gasteiger partial charge in [0.15, 0.2) is 0 Å². The fourth-order valence-electron chi connectivity index (χ4n) is 2.70. The number of rotatable bonds is 4. The first-order valence-electron chi connectivity index (χ1n) is 7.15. The van der Waals surface area contributed by atoms with Gasteiger partial charge in [-0.2, -0.15) is 0 Å². The van der Waals surface area contributed by atoms with E-state index in [1.807, 2.05) is 19.1 Å². The highest BCUT2D eigenvalue weighted by atomic mass is 32.2. The highest BCUT2D eigenvalue weighted by Crippen LogP contribution is 2.23. The van der Waals surface area contributed by atoms with Crippen LogP contribution in [0.5, 0.6) is 0 Å². The molecule has 116 valence electrons. The van der Waals surface area contributed by atoms with Crippen LogP contribution in [0.25, 0.3) is 0 Å². The molecule has 0 spiro atoms. The van der Waals surface area contributed by atoms with Gasteiger partial charge in [-0.1, -0.05) is 17.7 Å². The van der Waals surface area contributed by atoms with Crippen molar-refractivity contribution in [3.8, 4) is 0 Å². The summed E-state index contributed by atoms with van der Waals surface area (Å²) >= 11 is 0. The Morgan fingerprint density at radius 1 is 1.19 bits per heavy atom. The molecule has 1 aliphatic rings. The SMILES string of the molecule is Cc1ccc(N([C@H](C)C(=O)N2CCCC2)S(C)(=O)=O)cc1. The minimum absolute atomic E-state index is 0.126. The number of likely N-dealkylation sites (tertiary alicyclic amines) is 1. The number of hydrogen-bond acceptors (Lipinski definition) is 3. The first-order chi connectivity index (χ1) is 9.80. The van der Waals surface area contributed by atoms with Gasteiger partial charge in [0.1, 0.15) is 6.04 Å². The highest BCUT2D eigenvalue weighted by molar-refractivity contribution is 7.92. The molecule has 21 heavy (non-hydrogen) atoms. The van der Waals surface area contributed by atoms with Crippen molar-refractivity contribution in [3.05, 3.63) is 29.8 Å². The van der Waals surface area contributed by atoms with E-state index in [2.05, 4.69) is 0 Å². The Hall–Kier alpha value is -1.56. The molecule has 0 aromatic heterocycles. The smallest absolute Gasteiger partial charge is 0.246 e. The first-order valence-corrected chi connectivity index (χ1v) is 9.00. The van der Waals surface area contributed by atoms with Gasteiger partial charge in [-0.3, -0.25) is 9.10 Å². The highest BCUT2D eigenvalue weighted by Gasteiger charge is 2.32. The van der Waals surface area contributed by atoms with Gasteiger partial charge in [-0.15, -0.1) is 0 Å².